The second-order valence-electron chi connectivity index (χ2n) is 5.25. The van der Waals surface area contributed by atoms with Crippen molar-refractivity contribution in [2.24, 2.45) is 0 Å². The maximum Gasteiger partial charge on any atom is 0.266 e. The van der Waals surface area contributed by atoms with Crippen LogP contribution in [0.5, 0.6) is 17.2 Å². The maximum atomic E-state index is 12.3. The number of benzene rings is 2. The third kappa shape index (κ3) is 2.89. The first kappa shape index (κ1) is 16.4. The third-order valence-corrected chi connectivity index (χ3v) is 3.97. The zero-order chi connectivity index (χ0) is 18.1. The van der Waals surface area contributed by atoms with Crippen LogP contribution < -0.4 is 5.56 Å². The third-order valence-electron chi connectivity index (χ3n) is 3.72. The number of hydrogen-bond donors (Lipinski definition) is 4. The molecule has 3 aromatic rings. The van der Waals surface area contributed by atoms with Crippen LogP contribution in [0, 0.1) is 11.3 Å². The van der Waals surface area contributed by atoms with Crippen molar-refractivity contribution < 1.29 is 15.3 Å². The molecule has 0 spiro atoms. The Hall–Kier alpha value is -3.43. The molecule has 0 fully saturated rings. The van der Waals surface area contributed by atoms with E-state index in [0.29, 0.717) is 16.1 Å². The number of H-pyrrole nitrogens is 1. The van der Waals surface area contributed by atoms with Gasteiger partial charge in [0, 0.05) is 16.1 Å². The molecule has 0 saturated heterocycles. The minimum Gasteiger partial charge on any atom is -0.504 e. The zero-order valence-corrected chi connectivity index (χ0v) is 13.4. The summed E-state index contributed by atoms with van der Waals surface area (Å²) in [7, 11) is 0. The number of phenols is 3. The number of aromatic hydroxyl groups is 3. The highest BCUT2D eigenvalue weighted by Crippen LogP contribution is 2.42. The molecule has 25 heavy (non-hydrogen) atoms. The minimum absolute atomic E-state index is 0.0893. The van der Waals surface area contributed by atoms with E-state index in [4.69, 9.17) is 11.6 Å². The highest BCUT2D eigenvalue weighted by Gasteiger charge is 2.17. The van der Waals surface area contributed by atoms with E-state index in [-0.39, 0.29) is 16.8 Å². The molecule has 0 unspecified atom stereocenters. The van der Waals surface area contributed by atoms with Crippen LogP contribution in [0.2, 0.25) is 5.02 Å². The largest absolute Gasteiger partial charge is 0.504 e. The summed E-state index contributed by atoms with van der Waals surface area (Å²) in [4.78, 5) is 14.8. The fourth-order valence-electron chi connectivity index (χ4n) is 2.46. The molecular weight excluding hydrogens is 344 g/mol. The van der Waals surface area contributed by atoms with Gasteiger partial charge in [-0.05, 0) is 35.9 Å². The lowest BCUT2D eigenvalue weighted by Gasteiger charge is -2.11. The summed E-state index contributed by atoms with van der Waals surface area (Å²) in [6.45, 7) is 0. The van der Waals surface area contributed by atoms with E-state index in [1.165, 1.54) is 18.2 Å². The van der Waals surface area contributed by atoms with Crippen LogP contribution in [0.25, 0.3) is 22.4 Å². The smallest absolute Gasteiger partial charge is 0.266 e. The summed E-state index contributed by atoms with van der Waals surface area (Å²) in [5.74, 6) is -1.77. The number of rotatable bonds is 2. The lowest BCUT2D eigenvalue weighted by molar-refractivity contribution is 0.369. The number of aromatic nitrogens is 1. The number of nitrogens with one attached hydrogen (secondary N) is 1. The quantitative estimate of drug-likeness (QED) is 0.526. The Morgan fingerprint density at radius 1 is 0.960 bits per heavy atom. The summed E-state index contributed by atoms with van der Waals surface area (Å²) < 4.78 is 0. The van der Waals surface area contributed by atoms with Gasteiger partial charge in [-0.25, -0.2) is 0 Å². The number of hydrogen-bond acceptors (Lipinski definition) is 5. The molecule has 2 aromatic carbocycles. The van der Waals surface area contributed by atoms with Crippen LogP contribution in [-0.2, 0) is 0 Å². The monoisotopic (exact) mass is 354 g/mol. The van der Waals surface area contributed by atoms with E-state index in [9.17, 15) is 25.4 Å². The Morgan fingerprint density at radius 3 is 2.28 bits per heavy atom. The summed E-state index contributed by atoms with van der Waals surface area (Å²) in [6.07, 6.45) is 0. The van der Waals surface area contributed by atoms with Crippen LogP contribution in [0.3, 0.4) is 0 Å². The molecule has 0 radical (unpaired) electrons. The molecule has 0 bridgehead atoms. The molecule has 0 aliphatic carbocycles. The molecular formula is C18H11ClN2O4. The van der Waals surface area contributed by atoms with E-state index in [1.807, 2.05) is 6.07 Å². The van der Waals surface area contributed by atoms with Gasteiger partial charge in [-0.3, -0.25) is 4.79 Å². The van der Waals surface area contributed by atoms with Crippen molar-refractivity contribution in [2.45, 2.75) is 0 Å². The fourth-order valence-corrected chi connectivity index (χ4v) is 2.59. The summed E-state index contributed by atoms with van der Waals surface area (Å²) in [6, 6.07) is 12.5. The molecule has 0 atom stereocenters. The summed E-state index contributed by atoms with van der Waals surface area (Å²) in [5.41, 5.74) is 0.500. The second kappa shape index (κ2) is 6.23. The van der Waals surface area contributed by atoms with Crippen molar-refractivity contribution in [3.8, 4) is 45.7 Å². The SMILES string of the molecule is N#Cc1c(-c2ccc(Cl)cc2)cc(-c2ccc(O)c(O)c2O)[nH]c1=O. The lowest BCUT2D eigenvalue weighted by Crippen LogP contribution is -2.12. The number of phenolic OH excluding ortho intramolecular Hbond substituents is 3. The molecule has 6 nitrogen and oxygen atoms in total. The topological polar surface area (TPSA) is 117 Å². The van der Waals surface area contributed by atoms with Crippen LogP contribution in [0.4, 0.5) is 0 Å². The van der Waals surface area contributed by atoms with Crippen LogP contribution in [-0.4, -0.2) is 20.3 Å². The van der Waals surface area contributed by atoms with Crippen LogP contribution in [0.1, 0.15) is 5.56 Å². The van der Waals surface area contributed by atoms with Gasteiger partial charge in [-0.1, -0.05) is 23.7 Å². The van der Waals surface area contributed by atoms with Crippen LogP contribution in [0.15, 0.2) is 47.3 Å². The zero-order valence-electron chi connectivity index (χ0n) is 12.6. The van der Waals surface area contributed by atoms with Crippen LogP contribution >= 0.6 is 11.6 Å². The lowest BCUT2D eigenvalue weighted by atomic mass is 9.98. The van der Waals surface area contributed by atoms with Gasteiger partial charge < -0.3 is 20.3 Å². The molecule has 1 aromatic heterocycles. The van der Waals surface area contributed by atoms with Crippen molar-refractivity contribution in [3.05, 3.63) is 63.4 Å². The Bertz CT molecular complexity index is 1070. The van der Waals surface area contributed by atoms with Crippen molar-refractivity contribution in [2.75, 3.05) is 0 Å². The van der Waals surface area contributed by atoms with Gasteiger partial charge in [0.15, 0.2) is 11.5 Å². The molecule has 0 aliphatic heterocycles. The number of aromatic amines is 1. The normalized spacial score (nSPS) is 10.4. The van der Waals surface area contributed by atoms with E-state index in [0.717, 1.165) is 0 Å². The molecule has 0 saturated carbocycles. The van der Waals surface area contributed by atoms with Crippen molar-refractivity contribution in [3.63, 3.8) is 0 Å². The second-order valence-corrected chi connectivity index (χ2v) is 5.69. The van der Waals surface area contributed by atoms with Gasteiger partial charge in [-0.2, -0.15) is 5.26 Å². The molecule has 3 rings (SSSR count). The van der Waals surface area contributed by atoms with Crippen molar-refractivity contribution in [1.82, 2.24) is 4.98 Å². The standard InChI is InChI=1S/C18H11ClN2O4/c19-10-3-1-9(2-4-10)12-7-14(21-18(25)13(12)8-20)11-5-6-15(22)17(24)16(11)23/h1-7,22-24H,(H,21,25). The molecule has 124 valence electrons. The first-order chi connectivity index (χ1) is 11.9. The Labute approximate surface area is 146 Å². The number of nitrogens with zero attached hydrogens (tertiary/aromatic N) is 1. The molecule has 0 amide bonds. The Morgan fingerprint density at radius 2 is 1.64 bits per heavy atom. The molecule has 7 heteroatoms. The van der Waals surface area contributed by atoms with Gasteiger partial charge in [0.25, 0.3) is 5.56 Å². The van der Waals surface area contributed by atoms with E-state index in [2.05, 4.69) is 4.98 Å². The van der Waals surface area contributed by atoms with Gasteiger partial charge in [-0.15, -0.1) is 0 Å². The highest BCUT2D eigenvalue weighted by atomic mass is 35.5. The minimum atomic E-state index is -0.698. The number of halogens is 1. The first-order valence-electron chi connectivity index (χ1n) is 7.10. The molecule has 4 N–H and O–H groups in total. The van der Waals surface area contributed by atoms with Gasteiger partial charge in [0.05, 0.1) is 5.69 Å². The maximum absolute atomic E-state index is 12.3. The number of pyridine rings is 1. The summed E-state index contributed by atoms with van der Waals surface area (Å²) >= 11 is 5.87. The van der Waals surface area contributed by atoms with E-state index < -0.39 is 22.8 Å². The Kier molecular flexibility index (Phi) is 4.09. The van der Waals surface area contributed by atoms with Gasteiger partial charge in [0.1, 0.15) is 11.6 Å². The van der Waals surface area contributed by atoms with Crippen molar-refractivity contribution in [1.29, 1.82) is 5.26 Å². The average Bonchev–Trinajstić information content (AvgIpc) is 2.60. The molecule has 1 heterocycles. The van der Waals surface area contributed by atoms with Crippen molar-refractivity contribution >= 4 is 11.6 Å². The predicted octanol–water partition coefficient (Wildman–Crippen LogP) is 3.35. The summed E-state index contributed by atoms with van der Waals surface area (Å²) in [5, 5.41) is 38.9. The fraction of sp³-hybridized carbons (Fsp3) is 0. The van der Waals surface area contributed by atoms with Gasteiger partial charge >= 0.3 is 0 Å². The van der Waals surface area contributed by atoms with E-state index >= 15 is 0 Å². The van der Waals surface area contributed by atoms with Gasteiger partial charge in [0.2, 0.25) is 5.75 Å². The Balaban J connectivity index is 2.28. The predicted molar refractivity (Wildman–Crippen MR) is 92.7 cm³/mol. The number of nitriles is 1. The van der Waals surface area contributed by atoms with E-state index in [1.54, 1.807) is 24.3 Å². The first-order valence-corrected chi connectivity index (χ1v) is 7.47. The average molecular weight is 355 g/mol. The molecule has 0 aliphatic rings. The highest BCUT2D eigenvalue weighted by molar-refractivity contribution is 6.30.